The molecule has 4 nitrogen and oxygen atoms in total. The highest BCUT2D eigenvalue weighted by Gasteiger charge is 2.27. The molecule has 2 aromatic carbocycles. The van der Waals surface area contributed by atoms with Crippen LogP contribution in [0, 0.1) is 0 Å². The summed E-state index contributed by atoms with van der Waals surface area (Å²) in [4.78, 5) is 24.0. The molecular weight excluding hydrogens is 358 g/mol. The highest BCUT2D eigenvalue weighted by molar-refractivity contribution is 9.10. The summed E-state index contributed by atoms with van der Waals surface area (Å²) in [5, 5.41) is 2.86. The van der Waals surface area contributed by atoms with Crippen LogP contribution in [0.15, 0.2) is 53.0 Å². The SMILES string of the molecule is O=C(NC1CCC(=O)c2ccc(Br)cc21)OCc1ccccc1. The van der Waals surface area contributed by atoms with Crippen molar-refractivity contribution in [2.45, 2.75) is 25.5 Å². The molecule has 1 N–H and O–H groups in total. The van der Waals surface area contributed by atoms with Gasteiger partial charge in [-0.15, -0.1) is 0 Å². The number of nitrogens with one attached hydrogen (secondary N) is 1. The van der Waals surface area contributed by atoms with Crippen LogP contribution < -0.4 is 5.32 Å². The zero-order chi connectivity index (χ0) is 16.2. The zero-order valence-electron chi connectivity index (χ0n) is 12.4. The number of ether oxygens (including phenoxy) is 1. The first kappa shape index (κ1) is 15.7. The van der Waals surface area contributed by atoms with Gasteiger partial charge in [0.15, 0.2) is 5.78 Å². The topological polar surface area (TPSA) is 55.4 Å². The van der Waals surface area contributed by atoms with Crippen molar-refractivity contribution in [3.8, 4) is 0 Å². The second-order valence-electron chi connectivity index (χ2n) is 5.45. The molecule has 0 bridgehead atoms. The Bertz CT molecular complexity index is 730. The Hall–Kier alpha value is -2.14. The fraction of sp³-hybridized carbons (Fsp3) is 0.222. The first-order valence-corrected chi connectivity index (χ1v) is 8.22. The van der Waals surface area contributed by atoms with E-state index in [0.29, 0.717) is 18.4 Å². The zero-order valence-corrected chi connectivity index (χ0v) is 14.0. The number of carbonyl (C=O) groups excluding carboxylic acids is 2. The molecule has 23 heavy (non-hydrogen) atoms. The third-order valence-electron chi connectivity index (χ3n) is 3.85. The number of halogens is 1. The van der Waals surface area contributed by atoms with Gasteiger partial charge in [-0.1, -0.05) is 46.3 Å². The molecule has 0 saturated carbocycles. The number of amides is 1. The number of rotatable bonds is 3. The van der Waals surface area contributed by atoms with Crippen molar-refractivity contribution < 1.29 is 14.3 Å². The normalized spacial score (nSPS) is 16.6. The number of hydrogen-bond donors (Lipinski definition) is 1. The van der Waals surface area contributed by atoms with E-state index in [2.05, 4.69) is 21.2 Å². The maximum Gasteiger partial charge on any atom is 0.407 e. The lowest BCUT2D eigenvalue weighted by Gasteiger charge is -2.25. The fourth-order valence-electron chi connectivity index (χ4n) is 2.70. The molecule has 0 radical (unpaired) electrons. The second kappa shape index (κ2) is 6.96. The van der Waals surface area contributed by atoms with Crippen LogP contribution >= 0.6 is 15.9 Å². The number of carbonyl (C=O) groups is 2. The summed E-state index contributed by atoms with van der Waals surface area (Å²) >= 11 is 3.41. The smallest absolute Gasteiger partial charge is 0.407 e. The van der Waals surface area contributed by atoms with E-state index in [9.17, 15) is 9.59 Å². The molecule has 1 aliphatic rings. The van der Waals surface area contributed by atoms with Gasteiger partial charge in [-0.2, -0.15) is 0 Å². The van der Waals surface area contributed by atoms with E-state index < -0.39 is 6.09 Å². The first-order chi connectivity index (χ1) is 11.1. The second-order valence-corrected chi connectivity index (χ2v) is 6.37. The van der Waals surface area contributed by atoms with Crippen molar-refractivity contribution >= 4 is 27.8 Å². The molecule has 1 atom stereocenters. The fourth-order valence-corrected chi connectivity index (χ4v) is 3.08. The summed E-state index contributed by atoms with van der Waals surface area (Å²) in [5.74, 6) is 0.114. The third kappa shape index (κ3) is 3.79. The summed E-state index contributed by atoms with van der Waals surface area (Å²) < 4.78 is 6.14. The standard InChI is InChI=1S/C18H16BrNO3/c19-13-6-7-14-15(10-13)16(8-9-17(14)21)20-18(22)23-11-12-4-2-1-3-5-12/h1-7,10,16H,8-9,11H2,(H,20,22). The predicted molar refractivity (Wildman–Crippen MR) is 90.2 cm³/mol. The van der Waals surface area contributed by atoms with Gasteiger partial charge < -0.3 is 10.1 Å². The van der Waals surface area contributed by atoms with Crippen molar-refractivity contribution in [1.82, 2.24) is 5.32 Å². The Balaban J connectivity index is 1.66. The minimum atomic E-state index is -0.473. The molecule has 0 aliphatic heterocycles. The highest BCUT2D eigenvalue weighted by atomic mass is 79.9. The van der Waals surface area contributed by atoms with Gasteiger partial charge >= 0.3 is 6.09 Å². The van der Waals surface area contributed by atoms with Crippen LogP contribution in [-0.2, 0) is 11.3 Å². The largest absolute Gasteiger partial charge is 0.445 e. The van der Waals surface area contributed by atoms with Gasteiger partial charge in [0.05, 0.1) is 6.04 Å². The van der Waals surface area contributed by atoms with E-state index in [0.717, 1.165) is 15.6 Å². The molecule has 0 fully saturated rings. The summed E-state index contributed by atoms with van der Waals surface area (Å²) in [7, 11) is 0. The van der Waals surface area contributed by atoms with Crippen molar-refractivity contribution in [2.75, 3.05) is 0 Å². The number of fused-ring (bicyclic) bond motifs is 1. The Morgan fingerprint density at radius 2 is 2.00 bits per heavy atom. The molecule has 0 heterocycles. The van der Waals surface area contributed by atoms with Crippen LogP contribution in [0.3, 0.4) is 0 Å². The average molecular weight is 374 g/mol. The van der Waals surface area contributed by atoms with Gasteiger partial charge in [-0.05, 0) is 35.7 Å². The Labute approximate surface area is 143 Å². The van der Waals surface area contributed by atoms with E-state index in [4.69, 9.17) is 4.74 Å². The summed E-state index contributed by atoms with van der Waals surface area (Å²) in [6.45, 7) is 0.226. The van der Waals surface area contributed by atoms with E-state index in [1.807, 2.05) is 42.5 Å². The molecule has 118 valence electrons. The number of alkyl carbamates (subject to hydrolysis) is 1. The molecule has 1 unspecified atom stereocenters. The molecule has 5 heteroatoms. The summed E-state index contributed by atoms with van der Waals surface area (Å²) in [6.07, 6.45) is 0.542. The molecular formula is C18H16BrNO3. The van der Waals surface area contributed by atoms with E-state index in [-0.39, 0.29) is 18.4 Å². The monoisotopic (exact) mass is 373 g/mol. The Morgan fingerprint density at radius 1 is 1.22 bits per heavy atom. The lowest BCUT2D eigenvalue weighted by molar-refractivity contribution is 0.0956. The molecule has 0 spiro atoms. The van der Waals surface area contributed by atoms with Gasteiger partial charge in [0.25, 0.3) is 0 Å². The number of ketones is 1. The Kier molecular flexibility index (Phi) is 4.76. The van der Waals surface area contributed by atoms with E-state index in [1.54, 1.807) is 6.07 Å². The minimum Gasteiger partial charge on any atom is -0.445 e. The van der Waals surface area contributed by atoms with Crippen LogP contribution in [0.5, 0.6) is 0 Å². The van der Waals surface area contributed by atoms with E-state index in [1.165, 1.54) is 0 Å². The van der Waals surface area contributed by atoms with E-state index >= 15 is 0 Å². The van der Waals surface area contributed by atoms with Crippen molar-refractivity contribution in [2.24, 2.45) is 0 Å². The van der Waals surface area contributed by atoms with Gasteiger partial charge in [0.2, 0.25) is 0 Å². The molecule has 1 aliphatic carbocycles. The lowest BCUT2D eigenvalue weighted by atomic mass is 9.87. The maximum absolute atomic E-state index is 12.0. The molecule has 0 saturated heterocycles. The molecule has 0 aromatic heterocycles. The van der Waals surface area contributed by atoms with Crippen LogP contribution in [0.2, 0.25) is 0 Å². The number of Topliss-reactive ketones (excluding diaryl/α,β-unsaturated/α-hetero) is 1. The molecule has 3 rings (SSSR count). The van der Waals surface area contributed by atoms with Gasteiger partial charge in [0, 0.05) is 16.5 Å². The highest BCUT2D eigenvalue weighted by Crippen LogP contribution is 2.31. The summed E-state index contributed by atoms with van der Waals surface area (Å²) in [5.41, 5.74) is 2.45. The van der Waals surface area contributed by atoms with Crippen LogP contribution in [-0.4, -0.2) is 11.9 Å². The Morgan fingerprint density at radius 3 is 2.78 bits per heavy atom. The van der Waals surface area contributed by atoms with Crippen LogP contribution in [0.4, 0.5) is 4.79 Å². The molecule has 2 aromatic rings. The number of hydrogen-bond acceptors (Lipinski definition) is 3. The number of benzene rings is 2. The summed E-state index contributed by atoms with van der Waals surface area (Å²) in [6, 6.07) is 14.8. The van der Waals surface area contributed by atoms with Crippen LogP contribution in [0.1, 0.15) is 40.4 Å². The predicted octanol–water partition coefficient (Wildman–Crippen LogP) is 4.39. The van der Waals surface area contributed by atoms with Crippen LogP contribution in [0.25, 0.3) is 0 Å². The third-order valence-corrected chi connectivity index (χ3v) is 4.35. The average Bonchev–Trinajstić information content (AvgIpc) is 2.56. The lowest BCUT2D eigenvalue weighted by Crippen LogP contribution is -2.32. The van der Waals surface area contributed by atoms with Crippen molar-refractivity contribution in [3.05, 3.63) is 69.7 Å². The van der Waals surface area contributed by atoms with Gasteiger partial charge in [-0.3, -0.25) is 4.79 Å². The van der Waals surface area contributed by atoms with Gasteiger partial charge in [0.1, 0.15) is 6.61 Å². The van der Waals surface area contributed by atoms with Crippen molar-refractivity contribution in [3.63, 3.8) is 0 Å². The molecule has 1 amide bonds. The first-order valence-electron chi connectivity index (χ1n) is 7.43. The quantitative estimate of drug-likeness (QED) is 0.867. The van der Waals surface area contributed by atoms with Crippen molar-refractivity contribution in [1.29, 1.82) is 0 Å². The maximum atomic E-state index is 12.0. The van der Waals surface area contributed by atoms with Gasteiger partial charge in [-0.25, -0.2) is 4.79 Å². The minimum absolute atomic E-state index is 0.114.